The highest BCUT2D eigenvalue weighted by Gasteiger charge is 2.47. The second-order valence-electron chi connectivity index (χ2n) is 9.93. The van der Waals surface area contributed by atoms with Crippen molar-refractivity contribution in [3.05, 3.63) is 108 Å². The number of methoxy groups -OCH3 is 1. The standard InChI is InChI=1S/C30H33NO4S/c1-29(2,3)35-28(33)31-21-25(20-26(31)27(32)34-4)36-30(22-14-8-5-9-15-22,23-16-10-6-11-17-23)24-18-12-7-13-19-24/h5-19,25-26H,20-21H2,1-4H3/t25-,26-/m1/s1. The van der Waals surface area contributed by atoms with Gasteiger partial charge in [-0.2, -0.15) is 0 Å². The van der Waals surface area contributed by atoms with Crippen LogP contribution in [0.25, 0.3) is 0 Å². The van der Waals surface area contributed by atoms with Gasteiger partial charge < -0.3 is 9.47 Å². The average molecular weight is 504 g/mol. The molecule has 188 valence electrons. The maximum Gasteiger partial charge on any atom is 0.411 e. The van der Waals surface area contributed by atoms with Crippen molar-refractivity contribution in [3.8, 4) is 0 Å². The molecule has 0 aliphatic carbocycles. The zero-order valence-corrected chi connectivity index (χ0v) is 22.0. The lowest BCUT2D eigenvalue weighted by Gasteiger charge is -2.37. The molecule has 4 rings (SSSR count). The van der Waals surface area contributed by atoms with Crippen LogP contribution < -0.4 is 0 Å². The number of ether oxygens (including phenoxy) is 2. The number of nitrogens with zero attached hydrogens (tertiary/aromatic N) is 1. The number of rotatable bonds is 6. The topological polar surface area (TPSA) is 55.8 Å². The molecule has 1 aliphatic rings. The number of hydrogen-bond donors (Lipinski definition) is 0. The molecule has 0 bridgehead atoms. The van der Waals surface area contributed by atoms with Crippen molar-refractivity contribution in [3.63, 3.8) is 0 Å². The molecule has 0 radical (unpaired) electrons. The van der Waals surface area contributed by atoms with E-state index in [1.165, 1.54) is 12.0 Å². The van der Waals surface area contributed by atoms with Gasteiger partial charge in [-0.1, -0.05) is 91.0 Å². The first-order chi connectivity index (χ1) is 17.2. The minimum Gasteiger partial charge on any atom is -0.467 e. The lowest BCUT2D eigenvalue weighted by molar-refractivity contribution is -0.145. The fourth-order valence-electron chi connectivity index (χ4n) is 4.74. The minimum absolute atomic E-state index is 0.0396. The Bertz CT molecular complexity index is 1070. The van der Waals surface area contributed by atoms with Crippen LogP contribution in [0.4, 0.5) is 4.79 Å². The molecule has 2 atom stereocenters. The predicted octanol–water partition coefficient (Wildman–Crippen LogP) is 6.26. The fraction of sp³-hybridized carbons (Fsp3) is 0.333. The monoisotopic (exact) mass is 503 g/mol. The molecule has 0 unspecified atom stereocenters. The Hall–Kier alpha value is -3.25. The average Bonchev–Trinajstić information content (AvgIpc) is 3.31. The summed E-state index contributed by atoms with van der Waals surface area (Å²) in [5, 5.41) is -0.0396. The highest BCUT2D eigenvalue weighted by atomic mass is 32.2. The van der Waals surface area contributed by atoms with Gasteiger partial charge in [0.25, 0.3) is 0 Å². The van der Waals surface area contributed by atoms with Crippen LogP contribution in [-0.4, -0.2) is 47.5 Å². The van der Waals surface area contributed by atoms with Gasteiger partial charge in [0.15, 0.2) is 0 Å². The van der Waals surface area contributed by atoms with Crippen LogP contribution in [0.15, 0.2) is 91.0 Å². The summed E-state index contributed by atoms with van der Waals surface area (Å²) in [7, 11) is 1.36. The molecule has 5 nitrogen and oxygen atoms in total. The Kier molecular flexibility index (Phi) is 7.74. The molecule has 0 N–H and O–H groups in total. The molecule has 1 saturated heterocycles. The van der Waals surface area contributed by atoms with Gasteiger partial charge in [0.2, 0.25) is 0 Å². The van der Waals surface area contributed by atoms with Crippen LogP contribution in [0.5, 0.6) is 0 Å². The number of carbonyl (C=O) groups is 2. The van der Waals surface area contributed by atoms with E-state index in [2.05, 4.69) is 72.8 Å². The number of carbonyl (C=O) groups excluding carboxylic acids is 2. The summed E-state index contributed by atoms with van der Waals surface area (Å²) in [5.41, 5.74) is 2.75. The highest BCUT2D eigenvalue weighted by Crippen LogP contribution is 2.52. The molecule has 3 aromatic carbocycles. The van der Waals surface area contributed by atoms with Crippen LogP contribution in [0.3, 0.4) is 0 Å². The second-order valence-corrected chi connectivity index (χ2v) is 11.4. The molecule has 1 amide bonds. The number of hydrogen-bond acceptors (Lipinski definition) is 5. The van der Waals surface area contributed by atoms with Crippen molar-refractivity contribution >= 4 is 23.8 Å². The summed E-state index contributed by atoms with van der Waals surface area (Å²) in [6.07, 6.45) is -0.0177. The molecular weight excluding hydrogens is 470 g/mol. The Morgan fingerprint density at radius 3 is 1.64 bits per heavy atom. The summed E-state index contributed by atoms with van der Waals surface area (Å²) in [4.78, 5) is 27.4. The first kappa shape index (κ1) is 25.8. The molecule has 0 spiro atoms. The van der Waals surface area contributed by atoms with Gasteiger partial charge in [-0.05, 0) is 43.9 Å². The van der Waals surface area contributed by atoms with Gasteiger partial charge in [-0.25, -0.2) is 9.59 Å². The summed E-state index contributed by atoms with van der Waals surface area (Å²) >= 11 is 1.77. The van der Waals surface area contributed by atoms with Crippen molar-refractivity contribution in [2.75, 3.05) is 13.7 Å². The molecule has 36 heavy (non-hydrogen) atoms. The third kappa shape index (κ3) is 5.44. The van der Waals surface area contributed by atoms with E-state index in [0.717, 1.165) is 16.7 Å². The van der Waals surface area contributed by atoms with Crippen LogP contribution in [0, 0.1) is 0 Å². The Labute approximate surface area is 217 Å². The van der Waals surface area contributed by atoms with E-state index in [1.807, 2.05) is 39.0 Å². The molecule has 0 saturated carbocycles. The lowest BCUT2D eigenvalue weighted by atomic mass is 9.84. The van der Waals surface area contributed by atoms with Crippen LogP contribution >= 0.6 is 11.8 Å². The van der Waals surface area contributed by atoms with E-state index in [9.17, 15) is 9.59 Å². The van der Waals surface area contributed by atoms with Gasteiger partial charge in [-0.15, -0.1) is 11.8 Å². The van der Waals surface area contributed by atoms with E-state index in [0.29, 0.717) is 13.0 Å². The van der Waals surface area contributed by atoms with E-state index < -0.39 is 28.5 Å². The second kappa shape index (κ2) is 10.8. The van der Waals surface area contributed by atoms with Crippen LogP contribution in [0.1, 0.15) is 43.9 Å². The molecule has 1 fully saturated rings. The lowest BCUT2D eigenvalue weighted by Crippen LogP contribution is -2.44. The van der Waals surface area contributed by atoms with Gasteiger partial charge in [0.05, 0.1) is 11.9 Å². The van der Waals surface area contributed by atoms with Gasteiger partial charge in [0, 0.05) is 11.8 Å². The first-order valence-corrected chi connectivity index (χ1v) is 13.0. The molecule has 1 heterocycles. The Morgan fingerprint density at radius 2 is 1.25 bits per heavy atom. The van der Waals surface area contributed by atoms with Crippen molar-refractivity contribution < 1.29 is 19.1 Å². The van der Waals surface area contributed by atoms with E-state index in [-0.39, 0.29) is 5.25 Å². The summed E-state index contributed by atoms with van der Waals surface area (Å²) in [5.74, 6) is -0.423. The van der Waals surface area contributed by atoms with Crippen molar-refractivity contribution in [2.24, 2.45) is 0 Å². The number of likely N-dealkylation sites (tertiary alicyclic amines) is 1. The fourth-order valence-corrected chi connectivity index (χ4v) is 6.57. The maximum atomic E-state index is 13.1. The largest absolute Gasteiger partial charge is 0.467 e. The Balaban J connectivity index is 1.79. The molecule has 3 aromatic rings. The number of esters is 1. The maximum absolute atomic E-state index is 13.1. The van der Waals surface area contributed by atoms with Gasteiger partial charge >= 0.3 is 12.1 Å². The zero-order chi connectivity index (χ0) is 25.8. The van der Waals surface area contributed by atoms with Gasteiger partial charge in [-0.3, -0.25) is 4.90 Å². The molecular formula is C30H33NO4S. The molecule has 6 heteroatoms. The first-order valence-electron chi connectivity index (χ1n) is 12.2. The van der Waals surface area contributed by atoms with E-state index in [4.69, 9.17) is 9.47 Å². The Morgan fingerprint density at radius 1 is 0.806 bits per heavy atom. The van der Waals surface area contributed by atoms with Crippen LogP contribution in [-0.2, 0) is 19.0 Å². The predicted molar refractivity (Wildman–Crippen MR) is 144 cm³/mol. The third-order valence-corrected chi connectivity index (χ3v) is 7.98. The smallest absolute Gasteiger partial charge is 0.411 e. The molecule has 1 aliphatic heterocycles. The summed E-state index contributed by atoms with van der Waals surface area (Å²) in [6.45, 7) is 5.86. The normalized spacial score (nSPS) is 18.1. The number of thioether (sulfide) groups is 1. The van der Waals surface area contributed by atoms with Crippen molar-refractivity contribution in [1.29, 1.82) is 0 Å². The van der Waals surface area contributed by atoms with E-state index >= 15 is 0 Å². The number of amides is 1. The minimum atomic E-state index is -0.692. The van der Waals surface area contributed by atoms with Crippen LogP contribution in [0.2, 0.25) is 0 Å². The third-order valence-electron chi connectivity index (χ3n) is 6.25. The van der Waals surface area contributed by atoms with Crippen molar-refractivity contribution in [1.82, 2.24) is 4.90 Å². The highest BCUT2D eigenvalue weighted by molar-refractivity contribution is 8.01. The van der Waals surface area contributed by atoms with Gasteiger partial charge in [0.1, 0.15) is 11.6 Å². The SMILES string of the molecule is COC(=O)[C@H]1C[C@@H](SC(c2ccccc2)(c2ccccc2)c2ccccc2)CN1C(=O)OC(C)(C)C. The molecule has 0 aromatic heterocycles. The summed E-state index contributed by atoms with van der Waals surface area (Å²) < 4.78 is 10.2. The number of benzene rings is 3. The van der Waals surface area contributed by atoms with E-state index in [1.54, 1.807) is 11.8 Å². The zero-order valence-electron chi connectivity index (χ0n) is 21.2. The summed E-state index contributed by atoms with van der Waals surface area (Å²) in [6, 6.07) is 30.5. The van der Waals surface area contributed by atoms with Crippen molar-refractivity contribution in [2.45, 2.75) is 48.8 Å². The quantitative estimate of drug-likeness (QED) is 0.293.